The predicted molar refractivity (Wildman–Crippen MR) is 233 cm³/mol. The number of carbonyl (C=O) groups is 1. The molecule has 0 rings (SSSR count). The second-order valence-corrected chi connectivity index (χ2v) is 18.5. The molecule has 9 heteroatoms. The van der Waals surface area contributed by atoms with Crippen molar-refractivity contribution in [2.24, 2.45) is 0 Å². The second-order valence-electron chi connectivity index (χ2n) is 17.1. The Labute approximate surface area is 341 Å². The molecule has 3 unspecified atom stereocenters. The molecule has 3 atom stereocenters. The third-order valence-corrected chi connectivity index (χ3v) is 11.4. The Hall–Kier alpha value is -1.02. The fraction of sp³-hybridized carbons (Fsp3) is 0.891. The lowest BCUT2D eigenvalue weighted by Crippen LogP contribution is -2.45. The molecule has 1 amide bonds. The first-order valence-electron chi connectivity index (χ1n) is 23.2. The highest BCUT2D eigenvalue weighted by Gasteiger charge is 2.23. The number of nitrogens with zero attached hydrogens (tertiary/aromatic N) is 1. The number of aliphatic hydroxyl groups is 1. The molecule has 2 N–H and O–H groups in total. The topological polar surface area (TPSA) is 108 Å². The van der Waals surface area contributed by atoms with Crippen LogP contribution in [0.1, 0.15) is 213 Å². The van der Waals surface area contributed by atoms with E-state index in [0.717, 1.165) is 38.5 Å². The van der Waals surface area contributed by atoms with E-state index in [-0.39, 0.29) is 19.1 Å². The van der Waals surface area contributed by atoms with E-state index in [1.54, 1.807) is 6.08 Å². The van der Waals surface area contributed by atoms with E-state index in [9.17, 15) is 19.4 Å². The summed E-state index contributed by atoms with van der Waals surface area (Å²) in [5.41, 5.74) is 0. The molecule has 55 heavy (non-hydrogen) atoms. The minimum Gasteiger partial charge on any atom is -0.756 e. The van der Waals surface area contributed by atoms with Crippen LogP contribution in [0.2, 0.25) is 0 Å². The van der Waals surface area contributed by atoms with Crippen LogP contribution in [0, 0.1) is 0 Å². The van der Waals surface area contributed by atoms with E-state index in [1.807, 2.05) is 27.2 Å². The molecule has 0 aliphatic rings. The van der Waals surface area contributed by atoms with Crippen LogP contribution in [-0.2, 0) is 18.4 Å². The number of amides is 1. The Bertz CT molecular complexity index is 953. The highest BCUT2D eigenvalue weighted by atomic mass is 31.2. The lowest BCUT2D eigenvalue weighted by atomic mass is 10.0. The summed E-state index contributed by atoms with van der Waals surface area (Å²) in [5, 5.41) is 13.8. The van der Waals surface area contributed by atoms with E-state index in [2.05, 4.69) is 31.3 Å². The fourth-order valence-electron chi connectivity index (χ4n) is 6.68. The zero-order valence-corrected chi connectivity index (χ0v) is 37.8. The van der Waals surface area contributed by atoms with Gasteiger partial charge in [-0.15, -0.1) is 0 Å². The highest BCUT2D eigenvalue weighted by molar-refractivity contribution is 7.45. The molecule has 0 aromatic rings. The van der Waals surface area contributed by atoms with E-state index in [1.165, 1.54) is 154 Å². The van der Waals surface area contributed by atoms with E-state index >= 15 is 0 Å². The van der Waals surface area contributed by atoms with Gasteiger partial charge in [0.15, 0.2) is 0 Å². The fourth-order valence-corrected chi connectivity index (χ4v) is 7.40. The molecular weight excluding hydrogens is 707 g/mol. The molecule has 0 heterocycles. The Balaban J connectivity index is 4.30. The SMILES string of the molecule is CCCCCCCCCC/C=C\CCCCCCCCCCCC(=O)NC(COP(=O)([O-])OCC[N+](C)(C)C)C(O)/C=C/CCCCCCCCCCCC. The highest BCUT2D eigenvalue weighted by Crippen LogP contribution is 2.38. The summed E-state index contributed by atoms with van der Waals surface area (Å²) < 4.78 is 23.2. The Morgan fingerprint density at radius 3 is 1.42 bits per heavy atom. The second kappa shape index (κ2) is 38.5. The number of unbranched alkanes of at least 4 members (excludes halogenated alkanes) is 27. The standard InChI is InChI=1S/C46H91N2O6P/c1-6-8-10-12-14-16-18-20-21-22-23-24-25-26-27-28-30-32-34-36-38-40-46(50)47-44(43-54-55(51,52)53-42-41-48(3,4)5)45(49)39-37-35-33-31-29-19-17-15-13-11-9-7-2/h22-23,37,39,44-45,49H,6-21,24-36,38,40-43H2,1-5H3,(H-,47,50,51,52)/b23-22-,39-37+. The van der Waals surface area contributed by atoms with Crippen molar-refractivity contribution in [3.8, 4) is 0 Å². The van der Waals surface area contributed by atoms with Gasteiger partial charge in [0.2, 0.25) is 5.91 Å². The summed E-state index contributed by atoms with van der Waals surface area (Å²) in [6, 6.07) is -0.883. The number of hydrogen-bond acceptors (Lipinski definition) is 6. The monoisotopic (exact) mass is 799 g/mol. The minimum absolute atomic E-state index is 0.000308. The molecule has 0 saturated heterocycles. The van der Waals surface area contributed by atoms with Crippen molar-refractivity contribution in [1.82, 2.24) is 5.32 Å². The minimum atomic E-state index is -4.58. The van der Waals surface area contributed by atoms with Crippen molar-refractivity contribution in [3.63, 3.8) is 0 Å². The van der Waals surface area contributed by atoms with Crippen molar-refractivity contribution >= 4 is 13.7 Å². The summed E-state index contributed by atoms with van der Waals surface area (Å²) in [6.07, 6.45) is 45.1. The first-order chi connectivity index (χ1) is 26.5. The number of likely N-dealkylation sites (N-methyl/N-ethyl adjacent to an activating group) is 1. The maximum absolute atomic E-state index is 12.9. The summed E-state index contributed by atoms with van der Waals surface area (Å²) in [7, 11) is 1.26. The van der Waals surface area contributed by atoms with Gasteiger partial charge in [0, 0.05) is 6.42 Å². The number of quaternary nitrogens is 1. The first kappa shape index (κ1) is 54.0. The summed E-state index contributed by atoms with van der Waals surface area (Å²) in [5.74, 6) is -0.200. The quantitative estimate of drug-likeness (QED) is 0.0276. The van der Waals surface area contributed by atoms with E-state index in [0.29, 0.717) is 17.4 Å². The maximum atomic E-state index is 12.9. The molecule has 326 valence electrons. The molecule has 0 fully saturated rings. The molecule has 8 nitrogen and oxygen atoms in total. The molecule has 0 radical (unpaired) electrons. The molecule has 0 aromatic heterocycles. The normalized spacial score (nSPS) is 14.5. The van der Waals surface area contributed by atoms with Crippen LogP contribution < -0.4 is 10.2 Å². The summed E-state index contributed by atoms with van der Waals surface area (Å²) >= 11 is 0. The van der Waals surface area contributed by atoms with Crippen LogP contribution in [0.4, 0.5) is 0 Å². The molecule has 0 aliphatic carbocycles. The van der Waals surface area contributed by atoms with Crippen LogP contribution in [0.5, 0.6) is 0 Å². The largest absolute Gasteiger partial charge is 0.756 e. The lowest BCUT2D eigenvalue weighted by molar-refractivity contribution is -0.870. The number of phosphoric ester groups is 1. The molecule has 0 bridgehead atoms. The molecule has 0 spiro atoms. The van der Waals surface area contributed by atoms with Crippen molar-refractivity contribution < 1.29 is 32.9 Å². The summed E-state index contributed by atoms with van der Waals surface area (Å²) in [6.45, 7) is 4.64. The molecule has 0 saturated carbocycles. The Kier molecular flexibility index (Phi) is 37.8. The number of aliphatic hydroxyl groups excluding tert-OH is 1. The number of phosphoric acid groups is 1. The zero-order chi connectivity index (χ0) is 40.7. The van der Waals surface area contributed by atoms with Gasteiger partial charge in [-0.05, 0) is 44.9 Å². The smallest absolute Gasteiger partial charge is 0.268 e. The average Bonchev–Trinajstić information content (AvgIpc) is 3.13. The molecular formula is C46H91N2O6P. The Morgan fingerprint density at radius 1 is 0.618 bits per heavy atom. The number of hydrogen-bond donors (Lipinski definition) is 2. The number of rotatable bonds is 42. The third-order valence-electron chi connectivity index (χ3n) is 10.4. The van der Waals surface area contributed by atoms with Crippen LogP contribution >= 0.6 is 7.82 Å². The Morgan fingerprint density at radius 2 is 1.00 bits per heavy atom. The van der Waals surface area contributed by atoms with Crippen LogP contribution in [-0.4, -0.2) is 68.5 Å². The van der Waals surface area contributed by atoms with Gasteiger partial charge in [-0.25, -0.2) is 0 Å². The van der Waals surface area contributed by atoms with Crippen LogP contribution in [0.3, 0.4) is 0 Å². The first-order valence-corrected chi connectivity index (χ1v) is 24.7. The molecule has 0 aliphatic heterocycles. The lowest BCUT2D eigenvalue weighted by Gasteiger charge is -2.29. The number of allylic oxidation sites excluding steroid dienone is 3. The van der Waals surface area contributed by atoms with Gasteiger partial charge in [-0.1, -0.05) is 186 Å². The van der Waals surface area contributed by atoms with Crippen LogP contribution in [0.15, 0.2) is 24.3 Å². The van der Waals surface area contributed by atoms with Gasteiger partial charge < -0.3 is 28.8 Å². The number of carbonyl (C=O) groups excluding carboxylic acids is 1. The van der Waals surface area contributed by atoms with Gasteiger partial charge in [-0.2, -0.15) is 0 Å². The predicted octanol–water partition coefficient (Wildman–Crippen LogP) is 12.3. The van der Waals surface area contributed by atoms with Crippen molar-refractivity contribution in [2.45, 2.75) is 225 Å². The van der Waals surface area contributed by atoms with Gasteiger partial charge in [0.1, 0.15) is 13.2 Å². The zero-order valence-electron chi connectivity index (χ0n) is 36.9. The van der Waals surface area contributed by atoms with E-state index in [4.69, 9.17) is 9.05 Å². The third kappa shape index (κ3) is 41.0. The van der Waals surface area contributed by atoms with Crippen molar-refractivity contribution in [1.29, 1.82) is 0 Å². The van der Waals surface area contributed by atoms with Gasteiger partial charge in [0.05, 0.1) is 39.9 Å². The van der Waals surface area contributed by atoms with Crippen molar-refractivity contribution in [3.05, 3.63) is 24.3 Å². The van der Waals surface area contributed by atoms with Gasteiger partial charge in [0.25, 0.3) is 7.82 Å². The average molecular weight is 799 g/mol. The van der Waals surface area contributed by atoms with Gasteiger partial charge in [-0.3, -0.25) is 9.36 Å². The van der Waals surface area contributed by atoms with Crippen molar-refractivity contribution in [2.75, 3.05) is 40.9 Å². The molecule has 0 aromatic carbocycles. The summed E-state index contributed by atoms with van der Waals surface area (Å²) in [4.78, 5) is 25.3. The maximum Gasteiger partial charge on any atom is 0.268 e. The van der Waals surface area contributed by atoms with Crippen LogP contribution in [0.25, 0.3) is 0 Å². The number of nitrogens with one attached hydrogen (secondary N) is 1. The van der Waals surface area contributed by atoms with E-state index < -0.39 is 20.0 Å². The van der Waals surface area contributed by atoms with Gasteiger partial charge >= 0.3 is 0 Å².